The van der Waals surface area contributed by atoms with Crippen molar-refractivity contribution in [3.63, 3.8) is 0 Å². The van der Waals surface area contributed by atoms with Crippen LogP contribution in [-0.4, -0.2) is 61.5 Å². The molecule has 1 atom stereocenters. The zero-order valence-corrected chi connectivity index (χ0v) is 20.7. The number of carbonyl (C=O) groups excluding carboxylic acids is 1. The maximum atomic E-state index is 12.9. The van der Waals surface area contributed by atoms with Crippen molar-refractivity contribution < 1.29 is 4.79 Å². The number of carbonyl (C=O) groups is 1. The van der Waals surface area contributed by atoms with E-state index >= 15 is 0 Å². The Morgan fingerprint density at radius 3 is 2.41 bits per heavy atom. The highest BCUT2D eigenvalue weighted by molar-refractivity contribution is 5.87. The van der Waals surface area contributed by atoms with E-state index in [1.165, 1.54) is 48.7 Å². The summed E-state index contributed by atoms with van der Waals surface area (Å²) in [5, 5.41) is 5.96. The predicted molar refractivity (Wildman–Crippen MR) is 136 cm³/mol. The quantitative estimate of drug-likeness (QED) is 0.533. The molecule has 0 aromatic heterocycles. The number of nitrogens with zero attached hydrogens (tertiary/aromatic N) is 2. The van der Waals surface area contributed by atoms with Gasteiger partial charge in [-0.25, -0.2) is 0 Å². The summed E-state index contributed by atoms with van der Waals surface area (Å²) < 4.78 is 0. The van der Waals surface area contributed by atoms with Gasteiger partial charge in [0, 0.05) is 12.0 Å². The monoisotopic (exact) mass is 437 g/mol. The molecule has 176 valence electrons. The van der Waals surface area contributed by atoms with Crippen LogP contribution < -0.4 is 5.32 Å². The van der Waals surface area contributed by atoms with E-state index in [-0.39, 0.29) is 11.3 Å². The lowest BCUT2D eigenvalue weighted by molar-refractivity contribution is -0.122. The summed E-state index contributed by atoms with van der Waals surface area (Å²) in [4.78, 5) is 17.7. The zero-order valence-electron chi connectivity index (χ0n) is 20.7. The molecule has 0 spiro atoms. The summed E-state index contributed by atoms with van der Waals surface area (Å²) in [6.45, 7) is 15.4. The number of piperidine rings is 1. The summed E-state index contributed by atoms with van der Waals surface area (Å²) >= 11 is 0. The number of likely N-dealkylation sites (N-methyl/N-ethyl adjacent to an activating group) is 1. The molecular weight excluding hydrogens is 394 g/mol. The Hall–Kier alpha value is -1.91. The lowest BCUT2D eigenvalue weighted by Crippen LogP contribution is -2.49. The summed E-state index contributed by atoms with van der Waals surface area (Å²) in [7, 11) is 0. The first-order chi connectivity index (χ1) is 15.5. The van der Waals surface area contributed by atoms with Gasteiger partial charge in [0.05, 0.1) is 6.54 Å². The van der Waals surface area contributed by atoms with Crippen molar-refractivity contribution in [1.29, 1.82) is 0 Å². The highest BCUT2D eigenvalue weighted by Crippen LogP contribution is 2.39. The summed E-state index contributed by atoms with van der Waals surface area (Å²) in [5.41, 5.74) is 1.28. The van der Waals surface area contributed by atoms with Gasteiger partial charge in [-0.3, -0.25) is 9.69 Å². The maximum absolute atomic E-state index is 12.9. The average Bonchev–Trinajstić information content (AvgIpc) is 2.83. The van der Waals surface area contributed by atoms with Crippen molar-refractivity contribution in [3.8, 4) is 0 Å². The van der Waals surface area contributed by atoms with Gasteiger partial charge in [-0.05, 0) is 74.2 Å². The van der Waals surface area contributed by atoms with Crippen LogP contribution in [0.5, 0.6) is 0 Å². The molecule has 2 aromatic carbocycles. The molecule has 1 amide bonds. The number of hydrogen-bond acceptors (Lipinski definition) is 3. The molecule has 1 N–H and O–H groups in total. The molecule has 2 aromatic rings. The highest BCUT2D eigenvalue weighted by Gasteiger charge is 2.37. The Kier molecular flexibility index (Phi) is 9.12. The second-order valence-corrected chi connectivity index (χ2v) is 9.73. The van der Waals surface area contributed by atoms with Crippen LogP contribution in [0.25, 0.3) is 10.8 Å². The number of rotatable bonds is 11. The molecule has 0 bridgehead atoms. The van der Waals surface area contributed by atoms with Crippen molar-refractivity contribution in [2.45, 2.75) is 58.8 Å². The molecule has 1 aliphatic heterocycles. The van der Waals surface area contributed by atoms with Crippen LogP contribution in [0.4, 0.5) is 0 Å². The van der Waals surface area contributed by atoms with Gasteiger partial charge in [-0.1, -0.05) is 76.6 Å². The lowest BCUT2D eigenvalue weighted by Gasteiger charge is -2.41. The Balaban J connectivity index is 1.91. The van der Waals surface area contributed by atoms with Crippen LogP contribution in [0.15, 0.2) is 42.5 Å². The van der Waals surface area contributed by atoms with E-state index in [1.807, 2.05) is 0 Å². The fourth-order valence-electron chi connectivity index (χ4n) is 5.28. The van der Waals surface area contributed by atoms with E-state index in [1.54, 1.807) is 0 Å². The Labute approximate surface area is 195 Å². The SMILES string of the molecule is CCN(CC)CC(=O)NCC(CCN1CCCCC1)(c1cccc2ccccc12)C(C)C. The number of amides is 1. The predicted octanol–water partition coefficient (Wildman–Crippen LogP) is 5.07. The molecule has 3 rings (SSSR count). The van der Waals surface area contributed by atoms with Crippen molar-refractivity contribution in [3.05, 3.63) is 48.0 Å². The third kappa shape index (κ3) is 5.90. The summed E-state index contributed by atoms with van der Waals surface area (Å²) in [6, 6.07) is 15.4. The smallest absolute Gasteiger partial charge is 0.234 e. The van der Waals surface area contributed by atoms with E-state index in [9.17, 15) is 4.79 Å². The normalized spacial score (nSPS) is 17.1. The number of fused-ring (bicyclic) bond motifs is 1. The molecular formula is C28H43N3O. The van der Waals surface area contributed by atoms with Gasteiger partial charge in [0.1, 0.15) is 0 Å². The standard InChI is InChI=1S/C28H43N3O/c1-5-30(6-2)21-27(32)29-22-28(23(3)4,17-20-31-18-10-7-11-19-31)26-16-12-14-24-13-8-9-15-25(24)26/h8-9,12-16,23H,5-7,10-11,17-22H2,1-4H3,(H,29,32). The van der Waals surface area contributed by atoms with Gasteiger partial charge in [0.15, 0.2) is 0 Å². The third-order valence-corrected chi connectivity index (χ3v) is 7.62. The van der Waals surface area contributed by atoms with Crippen molar-refractivity contribution in [1.82, 2.24) is 15.1 Å². The molecule has 1 fully saturated rings. The fraction of sp³-hybridized carbons (Fsp3) is 0.607. The second kappa shape index (κ2) is 11.8. The zero-order chi connectivity index (χ0) is 23.0. The maximum Gasteiger partial charge on any atom is 0.234 e. The topological polar surface area (TPSA) is 35.6 Å². The molecule has 0 radical (unpaired) electrons. The van der Waals surface area contributed by atoms with E-state index < -0.39 is 0 Å². The van der Waals surface area contributed by atoms with Crippen LogP contribution in [0.3, 0.4) is 0 Å². The van der Waals surface area contributed by atoms with Gasteiger partial charge in [0.2, 0.25) is 5.91 Å². The molecule has 1 aliphatic rings. The largest absolute Gasteiger partial charge is 0.354 e. The van der Waals surface area contributed by atoms with Gasteiger partial charge < -0.3 is 10.2 Å². The van der Waals surface area contributed by atoms with Crippen LogP contribution in [0.2, 0.25) is 0 Å². The van der Waals surface area contributed by atoms with Crippen LogP contribution in [-0.2, 0) is 10.2 Å². The Morgan fingerprint density at radius 1 is 1.03 bits per heavy atom. The second-order valence-electron chi connectivity index (χ2n) is 9.73. The van der Waals surface area contributed by atoms with Gasteiger partial charge in [0.25, 0.3) is 0 Å². The molecule has 0 aliphatic carbocycles. The molecule has 4 heteroatoms. The highest BCUT2D eigenvalue weighted by atomic mass is 16.2. The lowest BCUT2D eigenvalue weighted by atomic mass is 9.67. The van der Waals surface area contributed by atoms with Crippen molar-refractivity contribution in [2.24, 2.45) is 5.92 Å². The van der Waals surface area contributed by atoms with E-state index in [2.05, 4.69) is 85.3 Å². The third-order valence-electron chi connectivity index (χ3n) is 7.62. The minimum atomic E-state index is -0.1000. The van der Waals surface area contributed by atoms with E-state index in [4.69, 9.17) is 0 Å². The first-order valence-corrected chi connectivity index (χ1v) is 12.7. The van der Waals surface area contributed by atoms with E-state index in [0.717, 1.165) is 26.1 Å². The number of benzene rings is 2. The molecule has 0 saturated carbocycles. The van der Waals surface area contributed by atoms with Crippen LogP contribution >= 0.6 is 0 Å². The number of hydrogen-bond donors (Lipinski definition) is 1. The Bertz CT molecular complexity index is 849. The average molecular weight is 438 g/mol. The number of nitrogens with one attached hydrogen (secondary N) is 1. The van der Waals surface area contributed by atoms with Gasteiger partial charge >= 0.3 is 0 Å². The Morgan fingerprint density at radius 2 is 1.72 bits per heavy atom. The van der Waals surface area contributed by atoms with Gasteiger partial charge in [-0.15, -0.1) is 0 Å². The number of likely N-dealkylation sites (tertiary alicyclic amines) is 1. The van der Waals surface area contributed by atoms with Crippen LogP contribution in [0.1, 0.15) is 58.9 Å². The molecule has 1 heterocycles. The molecule has 1 unspecified atom stereocenters. The fourth-order valence-corrected chi connectivity index (χ4v) is 5.28. The van der Waals surface area contributed by atoms with Crippen molar-refractivity contribution in [2.75, 3.05) is 45.8 Å². The van der Waals surface area contributed by atoms with Crippen LogP contribution in [0, 0.1) is 5.92 Å². The minimum absolute atomic E-state index is 0.1000. The first-order valence-electron chi connectivity index (χ1n) is 12.7. The van der Waals surface area contributed by atoms with Gasteiger partial charge in [-0.2, -0.15) is 0 Å². The minimum Gasteiger partial charge on any atom is -0.354 e. The van der Waals surface area contributed by atoms with Crippen molar-refractivity contribution >= 4 is 16.7 Å². The summed E-state index contributed by atoms with van der Waals surface area (Å²) in [6.07, 6.45) is 5.04. The molecule has 4 nitrogen and oxygen atoms in total. The summed E-state index contributed by atoms with van der Waals surface area (Å²) in [5.74, 6) is 0.545. The molecule has 32 heavy (non-hydrogen) atoms. The van der Waals surface area contributed by atoms with E-state index in [0.29, 0.717) is 19.0 Å². The first kappa shape index (κ1) is 24.7. The molecule has 1 saturated heterocycles.